The number of amides is 2. The third-order valence-electron chi connectivity index (χ3n) is 4.47. The number of ether oxygens (including phenoxy) is 1. The molecule has 1 N–H and O–H groups in total. The molecule has 2 amide bonds. The number of rotatable bonds is 8. The van der Waals surface area contributed by atoms with Crippen LogP contribution in [0.4, 0.5) is 0 Å². The average Bonchev–Trinajstić information content (AvgIpc) is 2.72. The Balaban J connectivity index is 1.95. The third-order valence-corrected chi connectivity index (χ3v) is 4.47. The summed E-state index contributed by atoms with van der Waals surface area (Å²) in [5, 5.41) is 4.18. The van der Waals surface area contributed by atoms with E-state index in [1.165, 1.54) is 0 Å². The molecule has 0 unspecified atom stereocenters. The fourth-order valence-electron chi connectivity index (χ4n) is 2.69. The second kappa shape index (κ2) is 10.3. The van der Waals surface area contributed by atoms with Gasteiger partial charge in [-0.15, -0.1) is 0 Å². The zero-order valence-corrected chi connectivity index (χ0v) is 16.9. The van der Waals surface area contributed by atoms with Gasteiger partial charge in [0.2, 0.25) is 0 Å². The van der Waals surface area contributed by atoms with Crippen molar-refractivity contribution in [1.29, 1.82) is 0 Å². The van der Waals surface area contributed by atoms with Gasteiger partial charge in [0.05, 0.1) is 5.71 Å². The van der Waals surface area contributed by atoms with Gasteiger partial charge in [0.25, 0.3) is 11.8 Å². The van der Waals surface area contributed by atoms with Crippen molar-refractivity contribution in [3.63, 3.8) is 0 Å². The van der Waals surface area contributed by atoms with Crippen molar-refractivity contribution in [1.82, 2.24) is 10.3 Å². The molecule has 2 aromatic rings. The normalized spacial score (nSPS) is 11.1. The molecule has 28 heavy (non-hydrogen) atoms. The maximum atomic E-state index is 12.2. The number of carbonyl (C=O) groups is 2. The second-order valence-electron chi connectivity index (χ2n) is 6.33. The molecule has 6 heteroatoms. The van der Waals surface area contributed by atoms with Gasteiger partial charge < -0.3 is 9.64 Å². The van der Waals surface area contributed by atoms with Crippen LogP contribution in [-0.4, -0.2) is 42.1 Å². The van der Waals surface area contributed by atoms with E-state index in [0.717, 1.165) is 11.1 Å². The van der Waals surface area contributed by atoms with Crippen LogP contribution in [0.3, 0.4) is 0 Å². The molecule has 0 radical (unpaired) electrons. The molecule has 148 valence electrons. The summed E-state index contributed by atoms with van der Waals surface area (Å²) in [6.45, 7) is 8.93. The highest BCUT2D eigenvalue weighted by Gasteiger charge is 2.10. The van der Waals surface area contributed by atoms with Crippen LogP contribution in [0.15, 0.2) is 53.6 Å². The summed E-state index contributed by atoms with van der Waals surface area (Å²) < 4.78 is 5.56. The first-order valence-corrected chi connectivity index (χ1v) is 9.37. The summed E-state index contributed by atoms with van der Waals surface area (Å²) in [7, 11) is 0. The highest BCUT2D eigenvalue weighted by Crippen LogP contribution is 2.13. The van der Waals surface area contributed by atoms with Crippen molar-refractivity contribution in [3.8, 4) is 5.75 Å². The van der Waals surface area contributed by atoms with E-state index in [1.54, 1.807) is 23.1 Å². The molecule has 0 aliphatic carbocycles. The van der Waals surface area contributed by atoms with Crippen LogP contribution in [0.5, 0.6) is 5.75 Å². The van der Waals surface area contributed by atoms with Gasteiger partial charge in [-0.2, -0.15) is 5.10 Å². The van der Waals surface area contributed by atoms with Gasteiger partial charge in [0, 0.05) is 18.7 Å². The zero-order chi connectivity index (χ0) is 20.5. The lowest BCUT2D eigenvalue weighted by Crippen LogP contribution is -2.34. The standard InChI is InChI=1S/C22H27N3O3/c1-5-25(6-2)21(26)15-28-19-13-11-18(12-14-19)17(4)23-24-22(27)20-10-8-7-9-16(20)3/h7-14H,5-6,15H2,1-4H3,(H,24,27)/b23-17-. The monoisotopic (exact) mass is 381 g/mol. The molecule has 0 atom stereocenters. The highest BCUT2D eigenvalue weighted by atomic mass is 16.5. The first-order chi connectivity index (χ1) is 13.5. The van der Waals surface area contributed by atoms with Crippen LogP contribution < -0.4 is 10.2 Å². The number of aryl methyl sites for hydroxylation is 1. The zero-order valence-electron chi connectivity index (χ0n) is 16.9. The second-order valence-corrected chi connectivity index (χ2v) is 6.33. The maximum absolute atomic E-state index is 12.2. The largest absolute Gasteiger partial charge is 0.484 e. The van der Waals surface area contributed by atoms with Crippen LogP contribution in [0.1, 0.15) is 42.3 Å². The number of hydrogen-bond acceptors (Lipinski definition) is 4. The number of hydrazone groups is 1. The van der Waals surface area contributed by atoms with E-state index >= 15 is 0 Å². The molecular formula is C22H27N3O3. The number of likely N-dealkylation sites (N-methyl/N-ethyl adjacent to an activating group) is 1. The van der Waals surface area contributed by atoms with Crippen molar-refractivity contribution in [2.45, 2.75) is 27.7 Å². The first-order valence-electron chi connectivity index (χ1n) is 9.37. The highest BCUT2D eigenvalue weighted by molar-refractivity contribution is 6.01. The summed E-state index contributed by atoms with van der Waals surface area (Å²) in [5.41, 5.74) is 5.61. The molecule has 0 aromatic heterocycles. The fraction of sp³-hybridized carbons (Fsp3) is 0.318. The predicted octanol–water partition coefficient (Wildman–Crippen LogP) is 3.40. The molecule has 0 heterocycles. The lowest BCUT2D eigenvalue weighted by molar-refractivity contribution is -0.132. The van der Waals surface area contributed by atoms with E-state index in [-0.39, 0.29) is 18.4 Å². The van der Waals surface area contributed by atoms with Gasteiger partial charge in [-0.3, -0.25) is 9.59 Å². The summed E-state index contributed by atoms with van der Waals surface area (Å²) >= 11 is 0. The van der Waals surface area contributed by atoms with Crippen LogP contribution in [-0.2, 0) is 4.79 Å². The van der Waals surface area contributed by atoms with Gasteiger partial charge in [0.1, 0.15) is 5.75 Å². The van der Waals surface area contributed by atoms with E-state index in [2.05, 4.69) is 10.5 Å². The molecule has 0 aliphatic heterocycles. The van der Waals surface area contributed by atoms with Crippen molar-refractivity contribution in [3.05, 3.63) is 65.2 Å². The number of hydrogen-bond donors (Lipinski definition) is 1. The molecule has 0 saturated carbocycles. The lowest BCUT2D eigenvalue weighted by atomic mass is 10.1. The van der Waals surface area contributed by atoms with E-state index in [9.17, 15) is 9.59 Å². The van der Waals surface area contributed by atoms with Crippen molar-refractivity contribution in [2.75, 3.05) is 19.7 Å². The van der Waals surface area contributed by atoms with Gasteiger partial charge in [0.15, 0.2) is 6.61 Å². The molecule has 0 spiro atoms. The summed E-state index contributed by atoms with van der Waals surface area (Å²) in [6.07, 6.45) is 0. The first kappa shape index (κ1) is 21.2. The quantitative estimate of drug-likeness (QED) is 0.563. The van der Waals surface area contributed by atoms with Crippen LogP contribution in [0, 0.1) is 6.92 Å². The maximum Gasteiger partial charge on any atom is 0.271 e. The van der Waals surface area contributed by atoms with Crippen molar-refractivity contribution in [2.24, 2.45) is 5.10 Å². The molecule has 2 aromatic carbocycles. The summed E-state index contributed by atoms with van der Waals surface area (Å²) in [6, 6.07) is 14.6. The summed E-state index contributed by atoms with van der Waals surface area (Å²) in [4.78, 5) is 25.9. The molecule has 0 bridgehead atoms. The Bertz CT molecular complexity index is 840. The number of nitrogens with one attached hydrogen (secondary N) is 1. The van der Waals surface area contributed by atoms with Crippen molar-refractivity contribution >= 4 is 17.5 Å². The van der Waals surface area contributed by atoms with Gasteiger partial charge >= 0.3 is 0 Å². The van der Waals surface area contributed by atoms with E-state index in [1.807, 2.05) is 58.0 Å². The SMILES string of the molecule is CCN(CC)C(=O)COc1ccc(/C(C)=N\NC(=O)c2ccccc2C)cc1. The number of benzene rings is 2. The Morgan fingerprint density at radius 2 is 1.68 bits per heavy atom. The minimum atomic E-state index is -0.243. The number of nitrogens with zero attached hydrogens (tertiary/aromatic N) is 2. The predicted molar refractivity (Wildman–Crippen MR) is 111 cm³/mol. The number of carbonyl (C=O) groups excluding carboxylic acids is 2. The minimum Gasteiger partial charge on any atom is -0.484 e. The molecule has 0 aliphatic rings. The topological polar surface area (TPSA) is 71.0 Å². The van der Waals surface area contributed by atoms with Crippen molar-refractivity contribution < 1.29 is 14.3 Å². The third kappa shape index (κ3) is 5.67. The van der Waals surface area contributed by atoms with E-state index in [0.29, 0.717) is 30.1 Å². The molecule has 2 rings (SSSR count). The van der Waals surface area contributed by atoms with Crippen LogP contribution in [0.25, 0.3) is 0 Å². The molecule has 0 fully saturated rings. The average molecular weight is 381 g/mol. The van der Waals surface area contributed by atoms with Gasteiger partial charge in [-0.05, 0) is 69.2 Å². The minimum absolute atomic E-state index is 0.0145. The Morgan fingerprint density at radius 3 is 2.29 bits per heavy atom. The molecule has 6 nitrogen and oxygen atoms in total. The Labute approximate surface area is 166 Å². The summed E-state index contributed by atoms with van der Waals surface area (Å²) in [5.74, 6) is 0.332. The Morgan fingerprint density at radius 1 is 1.04 bits per heavy atom. The van der Waals surface area contributed by atoms with E-state index in [4.69, 9.17) is 4.74 Å². The Hall–Kier alpha value is -3.15. The molecule has 0 saturated heterocycles. The van der Waals surface area contributed by atoms with Gasteiger partial charge in [-0.1, -0.05) is 18.2 Å². The Kier molecular flexibility index (Phi) is 7.75. The lowest BCUT2D eigenvalue weighted by Gasteiger charge is -2.18. The molecular weight excluding hydrogens is 354 g/mol. The van der Waals surface area contributed by atoms with Crippen LogP contribution >= 0.6 is 0 Å². The van der Waals surface area contributed by atoms with Gasteiger partial charge in [-0.25, -0.2) is 5.43 Å². The van der Waals surface area contributed by atoms with E-state index < -0.39 is 0 Å². The van der Waals surface area contributed by atoms with Crippen LogP contribution in [0.2, 0.25) is 0 Å². The smallest absolute Gasteiger partial charge is 0.271 e. The fourth-order valence-corrected chi connectivity index (χ4v) is 2.69.